The van der Waals surface area contributed by atoms with Gasteiger partial charge in [-0.05, 0) is 6.42 Å². The predicted octanol–water partition coefficient (Wildman–Crippen LogP) is 0.890. The van der Waals surface area contributed by atoms with Crippen molar-refractivity contribution in [3.05, 3.63) is 0 Å². The Hall–Kier alpha value is -1.06. The third-order valence-electron chi connectivity index (χ3n) is 2.95. The van der Waals surface area contributed by atoms with E-state index in [0.717, 1.165) is 6.42 Å². The summed E-state index contributed by atoms with van der Waals surface area (Å²) in [4.78, 5) is 21.5. The summed E-state index contributed by atoms with van der Waals surface area (Å²) in [5.41, 5.74) is 0. The van der Waals surface area contributed by atoms with Gasteiger partial charge >= 0.3 is 11.9 Å². The van der Waals surface area contributed by atoms with Gasteiger partial charge in [-0.15, -0.1) is 0 Å². The lowest BCUT2D eigenvalue weighted by molar-refractivity contribution is -0.150. The van der Waals surface area contributed by atoms with E-state index in [0.29, 0.717) is 18.3 Å². The molecule has 0 aromatic heterocycles. The first-order valence-corrected chi connectivity index (χ1v) is 4.92. The first kappa shape index (κ1) is 9.49. The molecule has 2 aliphatic rings. The average Bonchev–Trinajstić information content (AvgIpc) is 2.72. The monoisotopic (exact) mass is 198 g/mol. The minimum Gasteiger partial charge on any atom is -0.462 e. The van der Waals surface area contributed by atoms with Gasteiger partial charge in [-0.3, -0.25) is 9.59 Å². The van der Waals surface area contributed by atoms with E-state index in [1.165, 1.54) is 13.8 Å². The Labute approximate surface area is 82.6 Å². The molecule has 2 rings (SSSR count). The summed E-state index contributed by atoms with van der Waals surface area (Å²) in [6.45, 7) is 2.83. The molecule has 78 valence electrons. The van der Waals surface area contributed by atoms with E-state index < -0.39 is 0 Å². The van der Waals surface area contributed by atoms with Crippen LogP contribution in [0, 0.1) is 11.8 Å². The molecular weight excluding hydrogens is 184 g/mol. The number of esters is 2. The molecule has 0 unspecified atom stereocenters. The van der Waals surface area contributed by atoms with Crippen LogP contribution in [-0.2, 0) is 19.1 Å². The standard InChI is InChI=1S/C10H14O4/c1-5(11)13-9-4-10(14-6(2)12)8-3-7(8)9/h7-10H,3-4H2,1-2H3/t7-,8+,9+,10-. The average molecular weight is 198 g/mol. The molecule has 4 atom stereocenters. The van der Waals surface area contributed by atoms with Crippen LogP contribution >= 0.6 is 0 Å². The van der Waals surface area contributed by atoms with Crippen LogP contribution in [0.15, 0.2) is 0 Å². The zero-order chi connectivity index (χ0) is 10.3. The van der Waals surface area contributed by atoms with Crippen molar-refractivity contribution in [2.24, 2.45) is 11.8 Å². The maximum absolute atomic E-state index is 10.8. The highest BCUT2D eigenvalue weighted by molar-refractivity contribution is 5.67. The van der Waals surface area contributed by atoms with Crippen LogP contribution in [0.5, 0.6) is 0 Å². The number of hydrogen-bond donors (Lipinski definition) is 0. The van der Waals surface area contributed by atoms with Gasteiger partial charge in [0.1, 0.15) is 12.2 Å². The van der Waals surface area contributed by atoms with Crippen molar-refractivity contribution in [3.63, 3.8) is 0 Å². The molecule has 0 N–H and O–H groups in total. The lowest BCUT2D eigenvalue weighted by atomic mass is 10.2. The van der Waals surface area contributed by atoms with E-state index in [2.05, 4.69) is 0 Å². The SMILES string of the molecule is CC(=O)O[C@H]1C[C@@H](OC(C)=O)[C@H]2C[C@H]21. The highest BCUT2D eigenvalue weighted by Gasteiger charge is 2.57. The maximum atomic E-state index is 10.8. The molecule has 0 heterocycles. The van der Waals surface area contributed by atoms with E-state index >= 15 is 0 Å². The minimum absolute atomic E-state index is 0.0261. The quantitative estimate of drug-likeness (QED) is 0.618. The molecule has 2 fully saturated rings. The smallest absolute Gasteiger partial charge is 0.302 e. The van der Waals surface area contributed by atoms with Gasteiger partial charge in [0.05, 0.1) is 0 Å². The fourth-order valence-corrected chi connectivity index (χ4v) is 2.37. The largest absolute Gasteiger partial charge is 0.462 e. The van der Waals surface area contributed by atoms with Gasteiger partial charge in [0, 0.05) is 32.1 Å². The van der Waals surface area contributed by atoms with Crippen LogP contribution in [0.25, 0.3) is 0 Å². The molecule has 0 aromatic rings. The third-order valence-corrected chi connectivity index (χ3v) is 2.95. The van der Waals surface area contributed by atoms with E-state index in [9.17, 15) is 9.59 Å². The topological polar surface area (TPSA) is 52.6 Å². The van der Waals surface area contributed by atoms with Crippen molar-refractivity contribution < 1.29 is 19.1 Å². The molecule has 0 amide bonds. The van der Waals surface area contributed by atoms with Crippen LogP contribution in [0.1, 0.15) is 26.7 Å². The van der Waals surface area contributed by atoms with E-state index in [1.54, 1.807) is 0 Å². The molecular formula is C10H14O4. The number of carbonyl (C=O) groups is 2. The molecule has 4 heteroatoms. The van der Waals surface area contributed by atoms with Crippen LogP contribution in [0.3, 0.4) is 0 Å². The van der Waals surface area contributed by atoms with Crippen LogP contribution in [0.4, 0.5) is 0 Å². The summed E-state index contributed by atoms with van der Waals surface area (Å²) < 4.78 is 10.3. The number of hydrogen-bond acceptors (Lipinski definition) is 4. The third kappa shape index (κ3) is 1.74. The highest BCUT2D eigenvalue weighted by Crippen LogP contribution is 2.54. The Morgan fingerprint density at radius 3 is 1.71 bits per heavy atom. The molecule has 2 saturated carbocycles. The molecule has 14 heavy (non-hydrogen) atoms. The summed E-state index contributed by atoms with van der Waals surface area (Å²) in [7, 11) is 0. The lowest BCUT2D eigenvalue weighted by Gasteiger charge is -2.15. The summed E-state index contributed by atoms with van der Waals surface area (Å²) in [5.74, 6) is 0.375. The molecule has 2 aliphatic carbocycles. The highest BCUT2D eigenvalue weighted by atomic mass is 16.6. The zero-order valence-corrected chi connectivity index (χ0v) is 8.36. The molecule has 0 saturated heterocycles. The molecule has 0 bridgehead atoms. The number of ether oxygens (including phenoxy) is 2. The molecule has 0 radical (unpaired) electrons. The number of rotatable bonds is 2. The van der Waals surface area contributed by atoms with Gasteiger partial charge in [0.25, 0.3) is 0 Å². The normalized spacial score (nSPS) is 38.7. The van der Waals surface area contributed by atoms with Crippen molar-refractivity contribution in [1.82, 2.24) is 0 Å². The van der Waals surface area contributed by atoms with Crippen LogP contribution < -0.4 is 0 Å². The Bertz CT molecular complexity index is 247. The molecule has 0 aromatic carbocycles. The van der Waals surface area contributed by atoms with E-state index in [1.807, 2.05) is 0 Å². The second-order valence-electron chi connectivity index (χ2n) is 4.09. The fourth-order valence-electron chi connectivity index (χ4n) is 2.37. The summed E-state index contributed by atoms with van der Waals surface area (Å²) >= 11 is 0. The van der Waals surface area contributed by atoms with Crippen LogP contribution in [-0.4, -0.2) is 24.1 Å². The van der Waals surface area contributed by atoms with Crippen LogP contribution in [0.2, 0.25) is 0 Å². The first-order chi connectivity index (χ1) is 6.58. The van der Waals surface area contributed by atoms with E-state index in [-0.39, 0.29) is 24.1 Å². The maximum Gasteiger partial charge on any atom is 0.302 e. The first-order valence-electron chi connectivity index (χ1n) is 4.92. The van der Waals surface area contributed by atoms with Crippen molar-refractivity contribution in [2.45, 2.75) is 38.9 Å². The molecule has 0 spiro atoms. The Morgan fingerprint density at radius 1 is 0.929 bits per heavy atom. The number of carbonyl (C=O) groups excluding carboxylic acids is 2. The minimum atomic E-state index is -0.246. The van der Waals surface area contributed by atoms with Gasteiger partial charge < -0.3 is 9.47 Å². The lowest BCUT2D eigenvalue weighted by Crippen LogP contribution is -2.21. The Kier molecular flexibility index (Phi) is 2.21. The molecule has 0 aliphatic heterocycles. The van der Waals surface area contributed by atoms with E-state index in [4.69, 9.17) is 9.47 Å². The van der Waals surface area contributed by atoms with Crippen molar-refractivity contribution in [2.75, 3.05) is 0 Å². The van der Waals surface area contributed by atoms with Crippen molar-refractivity contribution in [1.29, 1.82) is 0 Å². The van der Waals surface area contributed by atoms with Gasteiger partial charge in [-0.2, -0.15) is 0 Å². The van der Waals surface area contributed by atoms with Gasteiger partial charge in [-0.1, -0.05) is 0 Å². The van der Waals surface area contributed by atoms with Gasteiger partial charge in [0.2, 0.25) is 0 Å². The number of fused-ring (bicyclic) bond motifs is 1. The van der Waals surface area contributed by atoms with Crippen molar-refractivity contribution in [3.8, 4) is 0 Å². The zero-order valence-electron chi connectivity index (χ0n) is 8.36. The summed E-state index contributed by atoms with van der Waals surface area (Å²) in [5, 5.41) is 0. The van der Waals surface area contributed by atoms with Crippen molar-refractivity contribution >= 4 is 11.9 Å². The summed E-state index contributed by atoms with van der Waals surface area (Å²) in [6.07, 6.45) is 1.65. The van der Waals surface area contributed by atoms with Gasteiger partial charge in [-0.25, -0.2) is 0 Å². The van der Waals surface area contributed by atoms with Gasteiger partial charge in [0.15, 0.2) is 0 Å². The summed E-state index contributed by atoms with van der Waals surface area (Å²) in [6, 6.07) is 0. The predicted molar refractivity (Wildman–Crippen MR) is 47.3 cm³/mol. The molecule has 4 nitrogen and oxygen atoms in total. The Balaban J connectivity index is 1.89. The second kappa shape index (κ2) is 3.26. The fraction of sp³-hybridized carbons (Fsp3) is 0.800. The Morgan fingerprint density at radius 2 is 1.36 bits per heavy atom. The second-order valence-corrected chi connectivity index (χ2v) is 4.09.